The first-order chi connectivity index (χ1) is 13.7. The minimum atomic E-state index is -0.725. The number of rotatable bonds is 5. The Bertz CT molecular complexity index is 1040. The molecule has 2 aromatic rings. The van der Waals surface area contributed by atoms with Crippen molar-refractivity contribution in [2.45, 2.75) is 26.7 Å². The molecule has 0 N–H and O–H groups in total. The van der Waals surface area contributed by atoms with E-state index in [2.05, 4.69) is 5.10 Å². The minimum Gasteiger partial charge on any atom is -0.453 e. The summed E-state index contributed by atoms with van der Waals surface area (Å²) in [6, 6.07) is 5.97. The molecule has 1 aromatic carbocycles. The van der Waals surface area contributed by atoms with Crippen LogP contribution in [-0.2, 0) is 14.3 Å². The van der Waals surface area contributed by atoms with E-state index in [0.29, 0.717) is 16.9 Å². The van der Waals surface area contributed by atoms with Crippen LogP contribution < -0.4 is 0 Å². The highest BCUT2D eigenvalue weighted by molar-refractivity contribution is 6.37. The number of carbonyl (C=O) groups excluding carboxylic acids is 3. The molecule has 0 radical (unpaired) electrons. The maximum absolute atomic E-state index is 13.4. The number of halogens is 2. The van der Waals surface area contributed by atoms with Gasteiger partial charge in [-0.2, -0.15) is 5.10 Å². The second-order valence-corrected chi connectivity index (χ2v) is 7.09. The van der Waals surface area contributed by atoms with Crippen LogP contribution in [0.3, 0.4) is 0 Å². The molecule has 2 heterocycles. The van der Waals surface area contributed by atoms with Crippen LogP contribution in [0.25, 0.3) is 5.69 Å². The number of benzene rings is 1. The fourth-order valence-corrected chi connectivity index (χ4v) is 3.35. The highest BCUT2D eigenvalue weighted by Gasteiger charge is 2.24. The van der Waals surface area contributed by atoms with Crippen molar-refractivity contribution in [1.82, 2.24) is 9.58 Å². The second kappa shape index (κ2) is 8.16. The molecule has 0 bridgehead atoms. The highest BCUT2D eigenvalue weighted by Crippen LogP contribution is 2.25. The summed E-state index contributed by atoms with van der Waals surface area (Å²) in [6.45, 7) is 3.09. The molecule has 0 spiro atoms. The number of ether oxygens (including phenoxy) is 1. The number of aryl methyl sites for hydroxylation is 1. The minimum absolute atomic E-state index is 0.0199. The van der Waals surface area contributed by atoms with Gasteiger partial charge in [-0.3, -0.25) is 9.59 Å². The van der Waals surface area contributed by atoms with Crippen molar-refractivity contribution in [1.29, 1.82) is 0 Å². The first-order valence-electron chi connectivity index (χ1n) is 8.87. The number of ketones is 1. The largest absolute Gasteiger partial charge is 0.453 e. The van der Waals surface area contributed by atoms with Crippen molar-refractivity contribution >= 4 is 35.0 Å². The number of Topliss-reactive ketones (excluding diaryl/α,β-unsaturated/α-hetero) is 1. The van der Waals surface area contributed by atoms with E-state index < -0.39 is 18.4 Å². The molecule has 0 fully saturated rings. The smallest absolute Gasteiger partial charge is 0.354 e. The van der Waals surface area contributed by atoms with Gasteiger partial charge >= 0.3 is 5.97 Å². The van der Waals surface area contributed by atoms with E-state index >= 15 is 0 Å². The molecule has 1 aliphatic rings. The number of hydrazone groups is 1. The van der Waals surface area contributed by atoms with Crippen LogP contribution >= 0.6 is 11.6 Å². The third kappa shape index (κ3) is 4.22. The van der Waals surface area contributed by atoms with Gasteiger partial charge in [-0.25, -0.2) is 14.2 Å². The number of aromatic nitrogens is 1. The molecule has 29 heavy (non-hydrogen) atoms. The Morgan fingerprint density at radius 3 is 2.62 bits per heavy atom. The molecule has 1 amide bonds. The van der Waals surface area contributed by atoms with Crippen LogP contribution in [0.15, 0.2) is 29.4 Å². The third-order valence-electron chi connectivity index (χ3n) is 4.67. The predicted molar refractivity (Wildman–Crippen MR) is 105 cm³/mol. The summed E-state index contributed by atoms with van der Waals surface area (Å²) < 4.78 is 20.3. The SMILES string of the molecule is Cc1cc(C(=O)COC(=O)C2=NN(C)C(=O)CC2)c(C)n1-c1ccc(F)c(Cl)c1. The molecule has 152 valence electrons. The Balaban J connectivity index is 1.75. The van der Waals surface area contributed by atoms with E-state index in [-0.39, 0.29) is 35.3 Å². The Labute approximate surface area is 171 Å². The number of esters is 1. The van der Waals surface area contributed by atoms with Gasteiger partial charge in [0.15, 0.2) is 6.61 Å². The average molecular weight is 420 g/mol. The molecule has 0 saturated heterocycles. The summed E-state index contributed by atoms with van der Waals surface area (Å²) in [5.41, 5.74) is 2.47. The summed E-state index contributed by atoms with van der Waals surface area (Å²) in [4.78, 5) is 36.2. The fraction of sp³-hybridized carbons (Fsp3) is 0.300. The molecule has 1 aromatic heterocycles. The Morgan fingerprint density at radius 2 is 1.97 bits per heavy atom. The van der Waals surface area contributed by atoms with E-state index in [9.17, 15) is 18.8 Å². The van der Waals surface area contributed by atoms with E-state index in [1.807, 2.05) is 0 Å². The molecule has 0 aliphatic carbocycles. The molecule has 1 aliphatic heterocycles. The van der Waals surface area contributed by atoms with Crippen molar-refractivity contribution < 1.29 is 23.5 Å². The van der Waals surface area contributed by atoms with Gasteiger partial charge in [0.2, 0.25) is 11.7 Å². The second-order valence-electron chi connectivity index (χ2n) is 6.68. The van der Waals surface area contributed by atoms with Crippen molar-refractivity contribution in [3.05, 3.63) is 52.1 Å². The monoisotopic (exact) mass is 419 g/mol. The summed E-state index contributed by atoms with van der Waals surface area (Å²) >= 11 is 5.87. The Hall–Kier alpha value is -3.00. The quantitative estimate of drug-likeness (QED) is 0.550. The molecule has 0 unspecified atom stereocenters. The third-order valence-corrected chi connectivity index (χ3v) is 4.96. The molecular weight excluding hydrogens is 401 g/mol. The summed E-state index contributed by atoms with van der Waals surface area (Å²) in [6.07, 6.45) is 0.343. The topological polar surface area (TPSA) is 81.0 Å². The number of carbonyl (C=O) groups is 3. The fourth-order valence-electron chi connectivity index (χ4n) is 3.18. The van der Waals surface area contributed by atoms with Gasteiger partial charge in [-0.1, -0.05) is 11.6 Å². The van der Waals surface area contributed by atoms with Crippen molar-refractivity contribution in [3.8, 4) is 5.69 Å². The van der Waals surface area contributed by atoms with E-state index in [0.717, 1.165) is 10.7 Å². The molecular formula is C20H19ClFN3O4. The van der Waals surface area contributed by atoms with E-state index in [4.69, 9.17) is 16.3 Å². The average Bonchev–Trinajstić information content (AvgIpc) is 2.98. The predicted octanol–water partition coefficient (Wildman–Crippen LogP) is 3.22. The number of hydrogen-bond donors (Lipinski definition) is 0. The van der Waals surface area contributed by atoms with Crippen LogP contribution in [0.2, 0.25) is 5.02 Å². The summed E-state index contributed by atoms with van der Waals surface area (Å²) in [5, 5.41) is 4.94. The molecule has 0 saturated carbocycles. The van der Waals surface area contributed by atoms with Crippen molar-refractivity contribution in [2.24, 2.45) is 5.10 Å². The van der Waals surface area contributed by atoms with Crippen LogP contribution in [0.5, 0.6) is 0 Å². The maximum Gasteiger partial charge on any atom is 0.354 e. The van der Waals surface area contributed by atoms with E-state index in [1.54, 1.807) is 30.5 Å². The number of amides is 1. The maximum atomic E-state index is 13.4. The number of hydrogen-bond acceptors (Lipinski definition) is 5. The normalized spacial score (nSPS) is 14.0. The highest BCUT2D eigenvalue weighted by atomic mass is 35.5. The lowest BCUT2D eigenvalue weighted by Crippen LogP contribution is -2.33. The molecule has 7 nitrogen and oxygen atoms in total. The summed E-state index contributed by atoms with van der Waals surface area (Å²) in [5.74, 6) is -1.83. The van der Waals surface area contributed by atoms with Crippen LogP contribution in [-0.4, -0.2) is 46.6 Å². The lowest BCUT2D eigenvalue weighted by molar-refractivity contribution is -0.135. The van der Waals surface area contributed by atoms with Gasteiger partial charge in [0, 0.05) is 42.5 Å². The van der Waals surface area contributed by atoms with Crippen LogP contribution in [0.4, 0.5) is 4.39 Å². The van der Waals surface area contributed by atoms with Gasteiger partial charge in [0.05, 0.1) is 5.02 Å². The van der Waals surface area contributed by atoms with E-state index in [1.165, 1.54) is 19.2 Å². The van der Waals surface area contributed by atoms with Gasteiger partial charge in [-0.15, -0.1) is 0 Å². The zero-order chi connectivity index (χ0) is 21.3. The van der Waals surface area contributed by atoms with Gasteiger partial charge in [0.25, 0.3) is 0 Å². The Kier molecular flexibility index (Phi) is 5.83. The Morgan fingerprint density at radius 1 is 1.24 bits per heavy atom. The number of nitrogens with zero attached hydrogens (tertiary/aromatic N) is 3. The van der Waals surface area contributed by atoms with Gasteiger partial charge < -0.3 is 9.30 Å². The lowest BCUT2D eigenvalue weighted by Gasteiger charge is -2.18. The lowest BCUT2D eigenvalue weighted by atomic mass is 10.1. The van der Waals surface area contributed by atoms with Gasteiger partial charge in [0.1, 0.15) is 11.5 Å². The molecule has 3 rings (SSSR count). The molecule has 0 atom stereocenters. The summed E-state index contributed by atoms with van der Waals surface area (Å²) in [7, 11) is 1.45. The van der Waals surface area contributed by atoms with Crippen LogP contribution in [0, 0.1) is 19.7 Å². The first kappa shape index (κ1) is 20.7. The van der Waals surface area contributed by atoms with Crippen molar-refractivity contribution in [3.63, 3.8) is 0 Å². The molecule has 9 heteroatoms. The first-order valence-corrected chi connectivity index (χ1v) is 9.25. The standard InChI is InChI=1S/C20H19ClFN3O4/c1-11-8-14(12(2)25(11)13-4-5-16(22)15(21)9-13)18(26)10-29-20(28)17-6-7-19(27)24(3)23-17/h4-5,8-9H,6-7,10H2,1-3H3. The van der Waals surface area contributed by atoms with Crippen molar-refractivity contribution in [2.75, 3.05) is 13.7 Å². The van der Waals surface area contributed by atoms with Crippen LogP contribution in [0.1, 0.15) is 34.6 Å². The zero-order valence-electron chi connectivity index (χ0n) is 16.2. The van der Waals surface area contributed by atoms with Gasteiger partial charge in [-0.05, 0) is 38.1 Å². The zero-order valence-corrected chi connectivity index (χ0v) is 16.9.